The van der Waals surface area contributed by atoms with Gasteiger partial charge in [-0.15, -0.1) is 0 Å². The topological polar surface area (TPSA) is 32.3 Å². The van der Waals surface area contributed by atoms with Crippen LogP contribution in [0.5, 0.6) is 0 Å². The van der Waals surface area contributed by atoms with Gasteiger partial charge < -0.3 is 10.4 Å². The zero-order valence-corrected chi connectivity index (χ0v) is 15.8. The van der Waals surface area contributed by atoms with Gasteiger partial charge in [0, 0.05) is 12.6 Å². The van der Waals surface area contributed by atoms with Crippen LogP contribution in [0.4, 0.5) is 0 Å². The minimum Gasteiger partial charge on any atom is -0.387 e. The highest BCUT2D eigenvalue weighted by molar-refractivity contribution is 5.28. The van der Waals surface area contributed by atoms with Gasteiger partial charge in [-0.2, -0.15) is 0 Å². The third-order valence-electron chi connectivity index (χ3n) is 5.15. The Morgan fingerprint density at radius 3 is 2.30 bits per heavy atom. The second kappa shape index (κ2) is 6.94. The molecule has 2 heteroatoms. The van der Waals surface area contributed by atoms with Gasteiger partial charge in [0.2, 0.25) is 0 Å². The molecule has 23 heavy (non-hydrogen) atoms. The Kier molecular flexibility index (Phi) is 5.58. The normalized spacial score (nSPS) is 26.0. The Balaban J connectivity index is 1.91. The summed E-state index contributed by atoms with van der Waals surface area (Å²) < 4.78 is 0. The van der Waals surface area contributed by atoms with Gasteiger partial charge in [-0.3, -0.25) is 0 Å². The van der Waals surface area contributed by atoms with Gasteiger partial charge in [0.25, 0.3) is 0 Å². The van der Waals surface area contributed by atoms with E-state index in [2.05, 4.69) is 71.1 Å². The van der Waals surface area contributed by atoms with Gasteiger partial charge in [0.1, 0.15) is 0 Å². The Bertz CT molecular complexity index is 498. The van der Waals surface area contributed by atoms with Crippen molar-refractivity contribution >= 4 is 0 Å². The van der Waals surface area contributed by atoms with Crippen LogP contribution in [0.3, 0.4) is 0 Å². The first-order chi connectivity index (χ1) is 10.6. The molecule has 1 aliphatic rings. The number of aliphatic hydroxyl groups excluding tert-OH is 1. The monoisotopic (exact) mass is 317 g/mol. The molecule has 0 spiro atoms. The molecule has 2 N–H and O–H groups in total. The molecular formula is C21H35NO. The van der Waals surface area contributed by atoms with Crippen LogP contribution in [-0.4, -0.2) is 17.7 Å². The fraction of sp³-hybridized carbons (Fsp3) is 0.714. The van der Waals surface area contributed by atoms with E-state index in [0.29, 0.717) is 18.0 Å². The van der Waals surface area contributed by atoms with Crippen LogP contribution in [0.25, 0.3) is 0 Å². The van der Waals surface area contributed by atoms with Crippen LogP contribution < -0.4 is 5.32 Å². The summed E-state index contributed by atoms with van der Waals surface area (Å²) in [6.45, 7) is 14.3. The summed E-state index contributed by atoms with van der Waals surface area (Å²) in [6, 6.07) is 8.95. The van der Waals surface area contributed by atoms with E-state index in [1.165, 1.54) is 24.8 Å². The van der Waals surface area contributed by atoms with Crippen molar-refractivity contribution < 1.29 is 5.11 Å². The lowest BCUT2D eigenvalue weighted by Crippen LogP contribution is -2.41. The van der Waals surface area contributed by atoms with Crippen LogP contribution in [0.1, 0.15) is 78.0 Å². The van der Waals surface area contributed by atoms with Crippen molar-refractivity contribution in [3.63, 3.8) is 0 Å². The van der Waals surface area contributed by atoms with E-state index in [1.54, 1.807) is 0 Å². The number of nitrogens with one attached hydrogen (secondary N) is 1. The average molecular weight is 318 g/mol. The number of hydrogen-bond donors (Lipinski definition) is 2. The molecule has 0 bridgehead atoms. The first-order valence-electron chi connectivity index (χ1n) is 9.09. The molecule has 0 aromatic heterocycles. The fourth-order valence-electron chi connectivity index (χ4n) is 4.10. The van der Waals surface area contributed by atoms with E-state index >= 15 is 0 Å². The highest BCUT2D eigenvalue weighted by Gasteiger charge is 2.31. The summed E-state index contributed by atoms with van der Waals surface area (Å²) in [4.78, 5) is 0. The van der Waals surface area contributed by atoms with Gasteiger partial charge in [0.15, 0.2) is 0 Å². The predicted molar refractivity (Wildman–Crippen MR) is 98.7 cm³/mol. The molecule has 3 unspecified atom stereocenters. The molecule has 0 amide bonds. The van der Waals surface area contributed by atoms with Gasteiger partial charge >= 0.3 is 0 Å². The Morgan fingerprint density at radius 2 is 1.78 bits per heavy atom. The van der Waals surface area contributed by atoms with Crippen molar-refractivity contribution in [2.75, 3.05) is 6.54 Å². The third-order valence-corrected chi connectivity index (χ3v) is 5.15. The van der Waals surface area contributed by atoms with Crippen LogP contribution in [0.2, 0.25) is 0 Å². The van der Waals surface area contributed by atoms with Gasteiger partial charge in [-0.25, -0.2) is 0 Å². The van der Waals surface area contributed by atoms with Gasteiger partial charge in [-0.1, -0.05) is 65.8 Å². The van der Waals surface area contributed by atoms with Gasteiger partial charge in [-0.05, 0) is 47.1 Å². The molecule has 130 valence electrons. The molecule has 0 heterocycles. The molecule has 1 aliphatic carbocycles. The highest BCUT2D eigenvalue weighted by atomic mass is 16.3. The number of benzene rings is 1. The molecule has 1 fully saturated rings. The zero-order valence-electron chi connectivity index (χ0n) is 15.8. The van der Waals surface area contributed by atoms with Crippen molar-refractivity contribution in [1.29, 1.82) is 0 Å². The average Bonchev–Trinajstić information content (AvgIpc) is 2.42. The Labute approximate surface area is 142 Å². The highest BCUT2D eigenvalue weighted by Crippen LogP contribution is 2.38. The Hall–Kier alpha value is -0.860. The summed E-state index contributed by atoms with van der Waals surface area (Å²) in [5.41, 5.74) is 2.89. The second-order valence-electron chi connectivity index (χ2n) is 9.41. The van der Waals surface area contributed by atoms with Gasteiger partial charge in [0.05, 0.1) is 6.10 Å². The predicted octanol–water partition coefficient (Wildman–Crippen LogP) is 4.82. The number of aliphatic hydroxyl groups is 1. The molecule has 0 aliphatic heterocycles. The van der Waals surface area contributed by atoms with Crippen LogP contribution >= 0.6 is 0 Å². The SMILES string of the molecule is CC1CC(NCC(O)c2ccc(C(C)(C)C)cc2)CC(C)(C)C1. The van der Waals surface area contributed by atoms with Crippen molar-refractivity contribution in [2.45, 2.75) is 78.4 Å². The smallest absolute Gasteiger partial charge is 0.0914 e. The van der Waals surface area contributed by atoms with Crippen LogP contribution in [0, 0.1) is 11.3 Å². The van der Waals surface area contributed by atoms with E-state index in [9.17, 15) is 5.11 Å². The molecule has 1 aromatic carbocycles. The van der Waals surface area contributed by atoms with Crippen molar-refractivity contribution in [1.82, 2.24) is 5.32 Å². The Morgan fingerprint density at radius 1 is 1.17 bits per heavy atom. The second-order valence-corrected chi connectivity index (χ2v) is 9.41. The molecule has 2 rings (SSSR count). The van der Waals surface area contributed by atoms with E-state index in [-0.39, 0.29) is 5.41 Å². The molecule has 0 saturated heterocycles. The lowest BCUT2D eigenvalue weighted by Gasteiger charge is -2.39. The number of hydrogen-bond acceptors (Lipinski definition) is 2. The van der Waals surface area contributed by atoms with E-state index in [1.807, 2.05) is 0 Å². The quantitative estimate of drug-likeness (QED) is 0.834. The summed E-state index contributed by atoms with van der Waals surface area (Å²) in [6.07, 6.45) is 3.30. The molecule has 1 saturated carbocycles. The first-order valence-corrected chi connectivity index (χ1v) is 9.09. The largest absolute Gasteiger partial charge is 0.387 e. The lowest BCUT2D eigenvalue weighted by molar-refractivity contribution is 0.126. The minimum absolute atomic E-state index is 0.158. The maximum Gasteiger partial charge on any atom is 0.0914 e. The maximum atomic E-state index is 10.5. The number of rotatable bonds is 4. The van der Waals surface area contributed by atoms with Crippen molar-refractivity contribution in [3.05, 3.63) is 35.4 Å². The zero-order chi connectivity index (χ0) is 17.3. The van der Waals surface area contributed by atoms with E-state index < -0.39 is 6.10 Å². The summed E-state index contributed by atoms with van der Waals surface area (Å²) in [5, 5.41) is 14.1. The summed E-state index contributed by atoms with van der Waals surface area (Å²) in [7, 11) is 0. The lowest BCUT2D eigenvalue weighted by atomic mass is 9.70. The summed E-state index contributed by atoms with van der Waals surface area (Å²) in [5.74, 6) is 0.763. The molecular weight excluding hydrogens is 282 g/mol. The minimum atomic E-state index is -0.427. The first kappa shape index (κ1) is 18.5. The van der Waals surface area contributed by atoms with E-state index in [4.69, 9.17) is 0 Å². The molecule has 3 atom stereocenters. The molecule has 0 radical (unpaired) electrons. The molecule has 2 nitrogen and oxygen atoms in total. The van der Waals surface area contributed by atoms with Crippen LogP contribution in [0.15, 0.2) is 24.3 Å². The van der Waals surface area contributed by atoms with Crippen molar-refractivity contribution in [3.8, 4) is 0 Å². The summed E-state index contributed by atoms with van der Waals surface area (Å²) >= 11 is 0. The van der Waals surface area contributed by atoms with Crippen LogP contribution in [-0.2, 0) is 5.41 Å². The maximum absolute atomic E-state index is 10.5. The fourth-order valence-corrected chi connectivity index (χ4v) is 4.10. The molecule has 1 aromatic rings. The van der Waals surface area contributed by atoms with Crippen molar-refractivity contribution in [2.24, 2.45) is 11.3 Å². The standard InChI is InChI=1S/C21H35NO/c1-15-11-18(13-21(5,6)12-15)22-14-19(23)16-7-9-17(10-8-16)20(2,3)4/h7-10,15,18-19,22-23H,11-14H2,1-6H3. The van der Waals surface area contributed by atoms with E-state index in [0.717, 1.165) is 11.5 Å². The third kappa shape index (κ3) is 5.32.